The Morgan fingerprint density at radius 2 is 1.93 bits per heavy atom. The summed E-state index contributed by atoms with van der Waals surface area (Å²) < 4.78 is 4.44. The third-order valence-electron chi connectivity index (χ3n) is 2.93. The highest BCUT2D eigenvalue weighted by Gasteiger charge is 2.40. The number of carbonyl (C=O) groups is 2. The second-order valence-corrected chi connectivity index (χ2v) is 3.85. The molecule has 0 aliphatic heterocycles. The Balaban J connectivity index is 2.78. The first-order valence-corrected chi connectivity index (χ1v) is 5.06. The molecule has 0 bridgehead atoms. The number of carboxylic acid groups (broad SMARTS) is 1. The highest BCUT2D eigenvalue weighted by atomic mass is 16.5. The predicted octanol–water partition coefficient (Wildman–Crippen LogP) is 0.411. The van der Waals surface area contributed by atoms with Gasteiger partial charge in [0.25, 0.3) is 0 Å². The van der Waals surface area contributed by atoms with Crippen LogP contribution in [0.1, 0.15) is 25.7 Å². The van der Waals surface area contributed by atoms with Gasteiger partial charge in [-0.05, 0) is 12.8 Å². The molecule has 3 atom stereocenters. The van der Waals surface area contributed by atoms with E-state index < -0.39 is 29.9 Å². The molecule has 1 aliphatic carbocycles. The van der Waals surface area contributed by atoms with Crippen molar-refractivity contribution in [1.82, 2.24) is 0 Å². The molecular weight excluding hydrogens is 200 g/mol. The molecule has 0 amide bonds. The van der Waals surface area contributed by atoms with Crippen molar-refractivity contribution in [2.75, 3.05) is 7.11 Å². The maximum atomic E-state index is 11.3. The molecule has 1 fully saturated rings. The molecule has 86 valence electrons. The first-order chi connectivity index (χ1) is 7.07. The standard InChI is InChI=1S/C10H16O5/c1-15-10(14)8(9(12)13)6-4-2-3-5-7(6)11/h6-8,11H,2-5H2,1H3,(H,12,13). The van der Waals surface area contributed by atoms with Crippen LogP contribution in [0, 0.1) is 11.8 Å². The Kier molecular flexibility index (Phi) is 4.08. The van der Waals surface area contributed by atoms with Crippen LogP contribution in [0.25, 0.3) is 0 Å². The maximum absolute atomic E-state index is 11.3. The molecule has 0 aromatic carbocycles. The number of aliphatic carboxylic acids is 1. The van der Waals surface area contributed by atoms with Gasteiger partial charge in [-0.25, -0.2) is 0 Å². The summed E-state index contributed by atoms with van der Waals surface area (Å²) in [6, 6.07) is 0. The molecule has 5 nitrogen and oxygen atoms in total. The average molecular weight is 216 g/mol. The summed E-state index contributed by atoms with van der Waals surface area (Å²) in [6.07, 6.45) is 2.14. The molecule has 0 aromatic rings. The van der Waals surface area contributed by atoms with Crippen molar-refractivity contribution in [1.29, 1.82) is 0 Å². The highest BCUT2D eigenvalue weighted by molar-refractivity contribution is 5.94. The van der Waals surface area contributed by atoms with E-state index in [0.717, 1.165) is 20.0 Å². The summed E-state index contributed by atoms with van der Waals surface area (Å²) in [5.74, 6) is -3.73. The largest absolute Gasteiger partial charge is 0.481 e. The molecule has 0 aromatic heterocycles. The number of methoxy groups -OCH3 is 1. The predicted molar refractivity (Wildman–Crippen MR) is 51.1 cm³/mol. The molecule has 1 aliphatic rings. The fourth-order valence-electron chi connectivity index (χ4n) is 2.11. The summed E-state index contributed by atoms with van der Waals surface area (Å²) >= 11 is 0. The Morgan fingerprint density at radius 3 is 2.40 bits per heavy atom. The van der Waals surface area contributed by atoms with Gasteiger partial charge in [-0.15, -0.1) is 0 Å². The second-order valence-electron chi connectivity index (χ2n) is 3.85. The van der Waals surface area contributed by atoms with Crippen LogP contribution in [0.4, 0.5) is 0 Å². The molecule has 0 saturated heterocycles. The molecule has 3 unspecified atom stereocenters. The quantitative estimate of drug-likeness (QED) is 0.527. The Labute approximate surface area is 88.0 Å². The van der Waals surface area contributed by atoms with E-state index in [1.807, 2.05) is 0 Å². The van der Waals surface area contributed by atoms with Gasteiger partial charge in [0.05, 0.1) is 13.2 Å². The van der Waals surface area contributed by atoms with Gasteiger partial charge in [0.1, 0.15) is 0 Å². The summed E-state index contributed by atoms with van der Waals surface area (Å²) in [5, 5.41) is 18.6. The zero-order valence-electron chi connectivity index (χ0n) is 8.68. The van der Waals surface area contributed by atoms with E-state index in [1.54, 1.807) is 0 Å². The lowest BCUT2D eigenvalue weighted by Crippen LogP contribution is -2.40. The van der Waals surface area contributed by atoms with Crippen LogP contribution in [0.3, 0.4) is 0 Å². The Bertz CT molecular complexity index is 250. The number of ether oxygens (including phenoxy) is 1. The third kappa shape index (κ3) is 2.68. The minimum absolute atomic E-state index is 0.510. The van der Waals surface area contributed by atoms with Crippen LogP contribution >= 0.6 is 0 Å². The van der Waals surface area contributed by atoms with Crippen LogP contribution in [0.2, 0.25) is 0 Å². The molecule has 15 heavy (non-hydrogen) atoms. The summed E-state index contributed by atoms with van der Waals surface area (Å²) in [5.41, 5.74) is 0. The van der Waals surface area contributed by atoms with Crippen molar-refractivity contribution < 1.29 is 24.5 Å². The molecule has 1 saturated carbocycles. The van der Waals surface area contributed by atoms with Crippen molar-refractivity contribution >= 4 is 11.9 Å². The minimum atomic E-state index is -1.23. The van der Waals surface area contributed by atoms with Gasteiger partial charge in [0, 0.05) is 5.92 Å². The van der Waals surface area contributed by atoms with Crippen LogP contribution < -0.4 is 0 Å². The van der Waals surface area contributed by atoms with Crippen LogP contribution in [0.5, 0.6) is 0 Å². The second kappa shape index (κ2) is 5.11. The van der Waals surface area contributed by atoms with E-state index in [-0.39, 0.29) is 0 Å². The summed E-state index contributed by atoms with van der Waals surface area (Å²) in [4.78, 5) is 22.2. The Morgan fingerprint density at radius 1 is 1.33 bits per heavy atom. The molecule has 0 heterocycles. The van der Waals surface area contributed by atoms with Gasteiger partial charge in [-0.3, -0.25) is 9.59 Å². The van der Waals surface area contributed by atoms with Gasteiger partial charge >= 0.3 is 11.9 Å². The van der Waals surface area contributed by atoms with Gasteiger partial charge in [0.15, 0.2) is 5.92 Å². The zero-order chi connectivity index (χ0) is 11.4. The van der Waals surface area contributed by atoms with E-state index in [4.69, 9.17) is 5.11 Å². The van der Waals surface area contributed by atoms with Gasteiger partial charge < -0.3 is 14.9 Å². The third-order valence-corrected chi connectivity index (χ3v) is 2.93. The fraction of sp³-hybridized carbons (Fsp3) is 0.800. The maximum Gasteiger partial charge on any atom is 0.320 e. The first-order valence-electron chi connectivity index (χ1n) is 5.06. The summed E-state index contributed by atoms with van der Waals surface area (Å²) in [7, 11) is 1.16. The van der Waals surface area contributed by atoms with Crippen molar-refractivity contribution in [3.63, 3.8) is 0 Å². The number of rotatable bonds is 3. The van der Waals surface area contributed by atoms with Gasteiger partial charge in [0.2, 0.25) is 0 Å². The van der Waals surface area contributed by atoms with Crippen molar-refractivity contribution in [3.8, 4) is 0 Å². The lowest BCUT2D eigenvalue weighted by Gasteiger charge is -2.30. The van der Waals surface area contributed by atoms with Crippen LogP contribution in [0.15, 0.2) is 0 Å². The smallest absolute Gasteiger partial charge is 0.320 e. The molecule has 0 radical (unpaired) electrons. The first kappa shape index (κ1) is 12.0. The number of carboxylic acids is 1. The normalized spacial score (nSPS) is 28.1. The van der Waals surface area contributed by atoms with Crippen molar-refractivity contribution in [3.05, 3.63) is 0 Å². The summed E-state index contributed by atoms with van der Waals surface area (Å²) in [6.45, 7) is 0. The number of aliphatic hydroxyl groups excluding tert-OH is 1. The zero-order valence-corrected chi connectivity index (χ0v) is 8.68. The van der Waals surface area contributed by atoms with Crippen LogP contribution in [-0.2, 0) is 14.3 Å². The SMILES string of the molecule is COC(=O)C(C(=O)O)C1CCCCC1O. The lowest BCUT2D eigenvalue weighted by molar-refractivity contribution is -0.163. The Hall–Kier alpha value is -1.10. The van der Waals surface area contributed by atoms with Crippen molar-refractivity contribution in [2.24, 2.45) is 11.8 Å². The number of carbonyl (C=O) groups excluding carboxylic acids is 1. The number of hydrogen-bond donors (Lipinski definition) is 2. The molecule has 2 N–H and O–H groups in total. The van der Waals surface area contributed by atoms with E-state index in [2.05, 4.69) is 4.74 Å². The van der Waals surface area contributed by atoms with E-state index in [9.17, 15) is 14.7 Å². The van der Waals surface area contributed by atoms with E-state index in [0.29, 0.717) is 12.8 Å². The van der Waals surface area contributed by atoms with E-state index in [1.165, 1.54) is 0 Å². The topological polar surface area (TPSA) is 83.8 Å². The van der Waals surface area contributed by atoms with Crippen LogP contribution in [-0.4, -0.2) is 35.4 Å². The number of aliphatic hydroxyl groups is 1. The highest BCUT2D eigenvalue weighted by Crippen LogP contribution is 2.31. The minimum Gasteiger partial charge on any atom is -0.481 e. The monoisotopic (exact) mass is 216 g/mol. The molecule has 0 spiro atoms. The average Bonchev–Trinajstić information content (AvgIpc) is 2.20. The molecule has 1 rings (SSSR count). The number of esters is 1. The fourth-order valence-corrected chi connectivity index (χ4v) is 2.11. The van der Waals surface area contributed by atoms with Gasteiger partial charge in [-0.2, -0.15) is 0 Å². The lowest BCUT2D eigenvalue weighted by atomic mass is 9.78. The van der Waals surface area contributed by atoms with E-state index >= 15 is 0 Å². The van der Waals surface area contributed by atoms with Gasteiger partial charge in [-0.1, -0.05) is 12.8 Å². The molecular formula is C10H16O5. The van der Waals surface area contributed by atoms with Crippen molar-refractivity contribution in [2.45, 2.75) is 31.8 Å². The molecule has 5 heteroatoms. The number of hydrogen-bond acceptors (Lipinski definition) is 4.